The molecule has 0 fully saturated rings. The number of methoxy groups -OCH3 is 2. The van der Waals surface area contributed by atoms with Gasteiger partial charge in [0.2, 0.25) is 5.91 Å². The molecule has 1 amide bonds. The lowest BCUT2D eigenvalue weighted by Gasteiger charge is -2.19. The fraction of sp³-hybridized carbons (Fsp3) is 0.174. The molecule has 144 valence electrons. The second-order valence-electron chi connectivity index (χ2n) is 6.28. The van der Waals surface area contributed by atoms with Gasteiger partial charge in [0.1, 0.15) is 16.7 Å². The van der Waals surface area contributed by atoms with E-state index < -0.39 is 5.25 Å². The minimum absolute atomic E-state index is 0.108. The second kappa shape index (κ2) is 9.33. The molecule has 1 N–H and O–H groups in total. The number of aryl methyl sites for hydroxylation is 1. The van der Waals surface area contributed by atoms with E-state index in [4.69, 9.17) is 9.47 Å². The number of anilines is 1. The Labute approximate surface area is 169 Å². The minimum atomic E-state index is -0.418. The normalized spacial score (nSPS) is 11.5. The van der Waals surface area contributed by atoms with Crippen LogP contribution in [0.4, 0.5) is 5.69 Å². The fourth-order valence-corrected chi connectivity index (χ4v) is 3.90. The molecule has 1 unspecified atom stereocenters. The summed E-state index contributed by atoms with van der Waals surface area (Å²) in [5.41, 5.74) is 2.65. The highest BCUT2D eigenvalue weighted by molar-refractivity contribution is 8.00. The maximum absolute atomic E-state index is 13.2. The van der Waals surface area contributed by atoms with E-state index in [0.29, 0.717) is 11.4 Å². The summed E-state index contributed by atoms with van der Waals surface area (Å²) in [6, 6.07) is 23.2. The van der Waals surface area contributed by atoms with Gasteiger partial charge >= 0.3 is 0 Å². The third kappa shape index (κ3) is 4.87. The summed E-state index contributed by atoms with van der Waals surface area (Å²) in [5, 5.41) is 2.62. The molecule has 4 nitrogen and oxygen atoms in total. The monoisotopic (exact) mass is 393 g/mol. The van der Waals surface area contributed by atoms with Crippen molar-refractivity contribution in [2.75, 3.05) is 19.5 Å². The molecular formula is C23H23NO3S. The number of amides is 1. The van der Waals surface area contributed by atoms with Crippen LogP contribution in [0.15, 0.2) is 77.7 Å². The smallest absolute Gasteiger partial charge is 0.242 e. The second-order valence-corrected chi connectivity index (χ2v) is 7.46. The predicted molar refractivity (Wildman–Crippen MR) is 114 cm³/mol. The van der Waals surface area contributed by atoms with E-state index in [0.717, 1.165) is 21.8 Å². The SMILES string of the molecule is COc1cccc(SC(C(=O)Nc2cc(C)ccc2OC)c2ccccc2)c1. The molecule has 0 heterocycles. The first kappa shape index (κ1) is 19.8. The Morgan fingerprint density at radius 2 is 1.71 bits per heavy atom. The third-order valence-corrected chi connectivity index (χ3v) is 5.50. The first-order valence-electron chi connectivity index (χ1n) is 8.92. The number of nitrogens with one attached hydrogen (secondary N) is 1. The molecule has 5 heteroatoms. The van der Waals surface area contributed by atoms with Crippen molar-refractivity contribution in [3.05, 3.63) is 83.9 Å². The van der Waals surface area contributed by atoms with Crippen molar-refractivity contribution in [1.29, 1.82) is 0 Å². The van der Waals surface area contributed by atoms with Crippen LogP contribution in [0.25, 0.3) is 0 Å². The van der Waals surface area contributed by atoms with Crippen LogP contribution >= 0.6 is 11.8 Å². The molecule has 0 saturated carbocycles. The van der Waals surface area contributed by atoms with E-state index in [-0.39, 0.29) is 5.91 Å². The van der Waals surface area contributed by atoms with Gasteiger partial charge in [0, 0.05) is 4.90 Å². The number of hydrogen-bond donors (Lipinski definition) is 1. The van der Waals surface area contributed by atoms with Gasteiger partial charge in [-0.05, 0) is 48.4 Å². The largest absolute Gasteiger partial charge is 0.497 e. The van der Waals surface area contributed by atoms with Crippen molar-refractivity contribution >= 4 is 23.4 Å². The van der Waals surface area contributed by atoms with Gasteiger partial charge in [-0.1, -0.05) is 42.5 Å². The molecule has 3 aromatic rings. The lowest BCUT2D eigenvalue weighted by Crippen LogP contribution is -2.19. The molecule has 28 heavy (non-hydrogen) atoms. The Kier molecular flexibility index (Phi) is 6.61. The minimum Gasteiger partial charge on any atom is -0.497 e. The number of carbonyl (C=O) groups is 1. The molecule has 0 aromatic heterocycles. The zero-order valence-corrected chi connectivity index (χ0v) is 17.0. The Balaban J connectivity index is 1.90. The average Bonchev–Trinajstić information content (AvgIpc) is 2.73. The molecule has 3 aromatic carbocycles. The van der Waals surface area contributed by atoms with E-state index in [2.05, 4.69) is 5.32 Å². The molecule has 3 rings (SSSR count). The number of rotatable bonds is 7. The summed E-state index contributed by atoms with van der Waals surface area (Å²) in [5.74, 6) is 1.29. The van der Waals surface area contributed by atoms with Gasteiger partial charge in [-0.3, -0.25) is 4.79 Å². The molecule has 0 aliphatic heterocycles. The summed E-state index contributed by atoms with van der Waals surface area (Å²) < 4.78 is 10.7. The van der Waals surface area contributed by atoms with Crippen molar-refractivity contribution in [3.63, 3.8) is 0 Å². The quantitative estimate of drug-likeness (QED) is 0.540. The van der Waals surface area contributed by atoms with Gasteiger partial charge in [0.25, 0.3) is 0 Å². The summed E-state index contributed by atoms with van der Waals surface area (Å²) in [7, 11) is 3.23. The molecule has 0 spiro atoms. The maximum atomic E-state index is 13.2. The topological polar surface area (TPSA) is 47.6 Å². The number of benzene rings is 3. The zero-order chi connectivity index (χ0) is 19.9. The van der Waals surface area contributed by atoms with Crippen molar-refractivity contribution in [2.45, 2.75) is 17.1 Å². The van der Waals surface area contributed by atoms with Gasteiger partial charge in [-0.2, -0.15) is 0 Å². The molecule has 0 aliphatic carbocycles. The number of hydrogen-bond acceptors (Lipinski definition) is 4. The molecule has 0 aliphatic rings. The van der Waals surface area contributed by atoms with E-state index in [1.807, 2.05) is 79.7 Å². The van der Waals surface area contributed by atoms with Crippen LogP contribution in [0, 0.1) is 6.92 Å². The Bertz CT molecular complexity index is 944. The highest BCUT2D eigenvalue weighted by Crippen LogP contribution is 2.38. The fourth-order valence-electron chi connectivity index (χ4n) is 2.83. The Morgan fingerprint density at radius 1 is 0.929 bits per heavy atom. The van der Waals surface area contributed by atoms with Crippen LogP contribution in [-0.4, -0.2) is 20.1 Å². The highest BCUT2D eigenvalue weighted by Gasteiger charge is 2.23. The first-order valence-corrected chi connectivity index (χ1v) is 9.80. The lowest BCUT2D eigenvalue weighted by atomic mass is 10.1. The van der Waals surface area contributed by atoms with Gasteiger partial charge < -0.3 is 14.8 Å². The maximum Gasteiger partial charge on any atom is 0.242 e. The Hall–Kier alpha value is -2.92. The summed E-state index contributed by atoms with van der Waals surface area (Å²) in [4.78, 5) is 14.2. The summed E-state index contributed by atoms with van der Waals surface area (Å²) in [6.45, 7) is 1.98. The van der Waals surface area contributed by atoms with Gasteiger partial charge in [0.15, 0.2) is 0 Å². The zero-order valence-electron chi connectivity index (χ0n) is 16.1. The van der Waals surface area contributed by atoms with Crippen LogP contribution in [0.5, 0.6) is 11.5 Å². The van der Waals surface area contributed by atoms with E-state index in [9.17, 15) is 4.79 Å². The molecule has 0 saturated heterocycles. The summed E-state index contributed by atoms with van der Waals surface area (Å²) >= 11 is 1.48. The van der Waals surface area contributed by atoms with E-state index in [1.54, 1.807) is 14.2 Å². The third-order valence-electron chi connectivity index (χ3n) is 4.25. The number of thioether (sulfide) groups is 1. The molecular weight excluding hydrogens is 370 g/mol. The van der Waals surface area contributed by atoms with Gasteiger partial charge in [-0.25, -0.2) is 0 Å². The van der Waals surface area contributed by atoms with Gasteiger partial charge in [0.05, 0.1) is 19.9 Å². The summed E-state index contributed by atoms with van der Waals surface area (Å²) in [6.07, 6.45) is 0. The molecule has 0 bridgehead atoms. The van der Waals surface area contributed by atoms with Crippen LogP contribution < -0.4 is 14.8 Å². The van der Waals surface area contributed by atoms with E-state index >= 15 is 0 Å². The van der Waals surface area contributed by atoms with Crippen LogP contribution in [0.3, 0.4) is 0 Å². The molecule has 0 radical (unpaired) electrons. The first-order chi connectivity index (χ1) is 13.6. The number of carbonyl (C=O) groups excluding carboxylic acids is 1. The van der Waals surface area contributed by atoms with Crippen LogP contribution in [-0.2, 0) is 4.79 Å². The van der Waals surface area contributed by atoms with E-state index in [1.165, 1.54) is 11.8 Å². The standard InChI is InChI=1S/C23H23NO3S/c1-16-12-13-21(27-3)20(14-16)24-23(25)22(17-8-5-4-6-9-17)28-19-11-7-10-18(15-19)26-2/h4-15,22H,1-3H3,(H,24,25). The van der Waals surface area contributed by atoms with Gasteiger partial charge in [-0.15, -0.1) is 11.8 Å². The van der Waals surface area contributed by atoms with Crippen LogP contribution in [0.2, 0.25) is 0 Å². The average molecular weight is 394 g/mol. The highest BCUT2D eigenvalue weighted by atomic mass is 32.2. The van der Waals surface area contributed by atoms with Crippen molar-refractivity contribution in [3.8, 4) is 11.5 Å². The lowest BCUT2D eigenvalue weighted by molar-refractivity contribution is -0.115. The molecule has 1 atom stereocenters. The Morgan fingerprint density at radius 3 is 2.43 bits per heavy atom. The van der Waals surface area contributed by atoms with Crippen molar-refractivity contribution in [1.82, 2.24) is 0 Å². The number of ether oxygens (including phenoxy) is 2. The van der Waals surface area contributed by atoms with Crippen LogP contribution in [0.1, 0.15) is 16.4 Å². The predicted octanol–water partition coefficient (Wildman–Crippen LogP) is 5.48. The van der Waals surface area contributed by atoms with Crippen molar-refractivity contribution in [2.24, 2.45) is 0 Å². The van der Waals surface area contributed by atoms with Crippen molar-refractivity contribution < 1.29 is 14.3 Å².